The van der Waals surface area contributed by atoms with Gasteiger partial charge in [-0.2, -0.15) is 0 Å². The lowest BCUT2D eigenvalue weighted by molar-refractivity contribution is 0.104. The summed E-state index contributed by atoms with van der Waals surface area (Å²) in [7, 11) is 0. The van der Waals surface area contributed by atoms with E-state index in [1.807, 2.05) is 13.8 Å². The second-order valence-electron chi connectivity index (χ2n) is 4.82. The highest BCUT2D eigenvalue weighted by molar-refractivity contribution is 6.30. The van der Waals surface area contributed by atoms with Crippen LogP contribution < -0.4 is 5.32 Å². The number of phenols is 1. The first kappa shape index (κ1) is 15.1. The summed E-state index contributed by atoms with van der Waals surface area (Å²) in [4.78, 5) is 12.1. The molecule has 0 heterocycles. The molecule has 2 aromatic rings. The van der Waals surface area contributed by atoms with E-state index in [0.29, 0.717) is 10.6 Å². The van der Waals surface area contributed by atoms with E-state index in [0.717, 1.165) is 16.9 Å². The molecule has 0 aromatic heterocycles. The molecule has 4 heteroatoms. The highest BCUT2D eigenvalue weighted by Crippen LogP contribution is 2.21. The van der Waals surface area contributed by atoms with E-state index in [-0.39, 0.29) is 11.5 Å². The Bertz CT molecular complexity index is 690. The van der Waals surface area contributed by atoms with E-state index < -0.39 is 0 Å². The number of hydrogen-bond acceptors (Lipinski definition) is 3. The predicted molar refractivity (Wildman–Crippen MR) is 86.0 cm³/mol. The van der Waals surface area contributed by atoms with Gasteiger partial charge in [-0.3, -0.25) is 4.79 Å². The average molecular weight is 302 g/mol. The van der Waals surface area contributed by atoms with Crippen molar-refractivity contribution in [2.45, 2.75) is 13.8 Å². The minimum Gasteiger partial charge on any atom is -0.508 e. The highest BCUT2D eigenvalue weighted by Gasteiger charge is 2.04. The minimum atomic E-state index is -0.0897. The SMILES string of the molecule is C/C(=C\C(=O)c1ccc(Cl)cc1)Nc1ccc(O)cc1C. The van der Waals surface area contributed by atoms with Crippen LogP contribution in [-0.4, -0.2) is 10.9 Å². The average Bonchev–Trinajstić information content (AvgIpc) is 2.42. The van der Waals surface area contributed by atoms with Crippen LogP contribution in [0.4, 0.5) is 5.69 Å². The van der Waals surface area contributed by atoms with E-state index in [4.69, 9.17) is 11.6 Å². The third kappa shape index (κ3) is 4.10. The second-order valence-corrected chi connectivity index (χ2v) is 5.26. The number of halogens is 1. The van der Waals surface area contributed by atoms with Crippen LogP contribution in [0.5, 0.6) is 5.75 Å². The largest absolute Gasteiger partial charge is 0.508 e. The third-order valence-corrected chi connectivity index (χ3v) is 3.27. The minimum absolute atomic E-state index is 0.0897. The molecular weight excluding hydrogens is 286 g/mol. The summed E-state index contributed by atoms with van der Waals surface area (Å²) in [6.45, 7) is 3.70. The molecule has 21 heavy (non-hydrogen) atoms. The number of aryl methyl sites for hydroxylation is 1. The van der Waals surface area contributed by atoms with Crippen LogP contribution in [0.1, 0.15) is 22.8 Å². The molecule has 108 valence electrons. The predicted octanol–water partition coefficient (Wildman–Crippen LogP) is 4.55. The molecule has 2 N–H and O–H groups in total. The number of benzene rings is 2. The van der Waals surface area contributed by atoms with Crippen molar-refractivity contribution in [3.63, 3.8) is 0 Å². The molecule has 0 fully saturated rings. The number of anilines is 1. The lowest BCUT2D eigenvalue weighted by atomic mass is 10.1. The number of rotatable bonds is 4. The molecule has 2 rings (SSSR count). The molecule has 0 aliphatic rings. The lowest BCUT2D eigenvalue weighted by Crippen LogP contribution is -2.02. The van der Waals surface area contributed by atoms with Crippen molar-refractivity contribution >= 4 is 23.1 Å². The maximum Gasteiger partial charge on any atom is 0.187 e. The Hall–Kier alpha value is -2.26. The molecule has 0 amide bonds. The van der Waals surface area contributed by atoms with Crippen LogP contribution in [0.2, 0.25) is 5.02 Å². The maximum absolute atomic E-state index is 12.1. The zero-order chi connectivity index (χ0) is 15.4. The zero-order valence-corrected chi connectivity index (χ0v) is 12.6. The number of hydrogen-bond donors (Lipinski definition) is 2. The van der Waals surface area contributed by atoms with Crippen molar-refractivity contribution < 1.29 is 9.90 Å². The van der Waals surface area contributed by atoms with Gasteiger partial charge in [0.05, 0.1) is 0 Å². The van der Waals surface area contributed by atoms with Gasteiger partial charge in [-0.1, -0.05) is 11.6 Å². The molecule has 2 aromatic carbocycles. The van der Waals surface area contributed by atoms with Gasteiger partial charge >= 0.3 is 0 Å². The van der Waals surface area contributed by atoms with Crippen LogP contribution >= 0.6 is 11.6 Å². The number of aromatic hydroxyl groups is 1. The van der Waals surface area contributed by atoms with Gasteiger partial charge in [0.15, 0.2) is 5.78 Å². The Morgan fingerprint density at radius 3 is 2.48 bits per heavy atom. The lowest BCUT2D eigenvalue weighted by Gasteiger charge is -2.10. The van der Waals surface area contributed by atoms with Crippen LogP contribution in [0.3, 0.4) is 0 Å². The van der Waals surface area contributed by atoms with Crippen molar-refractivity contribution in [2.24, 2.45) is 0 Å². The molecule has 0 aliphatic carbocycles. The van der Waals surface area contributed by atoms with Gasteiger partial charge in [0, 0.05) is 28.0 Å². The second kappa shape index (κ2) is 6.46. The summed E-state index contributed by atoms with van der Waals surface area (Å²) in [5.74, 6) is 0.130. The Morgan fingerprint density at radius 2 is 1.86 bits per heavy atom. The number of phenolic OH excluding ortho intramolecular Hbond substituents is 1. The molecule has 3 nitrogen and oxygen atoms in total. The summed E-state index contributed by atoms with van der Waals surface area (Å²) in [5.41, 5.74) is 3.07. The first-order chi connectivity index (χ1) is 9.95. The fraction of sp³-hybridized carbons (Fsp3) is 0.118. The van der Waals surface area contributed by atoms with Gasteiger partial charge in [0.2, 0.25) is 0 Å². The Morgan fingerprint density at radius 1 is 1.19 bits per heavy atom. The number of carbonyl (C=O) groups excluding carboxylic acids is 1. The van der Waals surface area contributed by atoms with Crippen molar-refractivity contribution in [2.75, 3.05) is 5.32 Å². The van der Waals surface area contributed by atoms with Crippen molar-refractivity contribution in [3.8, 4) is 5.75 Å². The summed E-state index contributed by atoms with van der Waals surface area (Å²) >= 11 is 5.80. The van der Waals surface area contributed by atoms with Crippen LogP contribution in [-0.2, 0) is 0 Å². The van der Waals surface area contributed by atoms with E-state index in [1.54, 1.807) is 42.5 Å². The normalized spacial score (nSPS) is 11.3. The highest BCUT2D eigenvalue weighted by atomic mass is 35.5. The summed E-state index contributed by atoms with van der Waals surface area (Å²) in [5, 5.41) is 13.1. The van der Waals surface area contributed by atoms with Gasteiger partial charge in [0.25, 0.3) is 0 Å². The molecule has 0 saturated carbocycles. The van der Waals surface area contributed by atoms with Crippen molar-refractivity contribution in [1.82, 2.24) is 0 Å². The number of nitrogens with one attached hydrogen (secondary N) is 1. The Balaban J connectivity index is 2.13. The Labute approximate surface area is 128 Å². The fourth-order valence-corrected chi connectivity index (χ4v) is 2.06. The van der Waals surface area contributed by atoms with Gasteiger partial charge in [0.1, 0.15) is 5.75 Å². The van der Waals surface area contributed by atoms with Gasteiger partial charge in [-0.25, -0.2) is 0 Å². The van der Waals surface area contributed by atoms with E-state index in [9.17, 15) is 9.90 Å². The molecule has 0 atom stereocenters. The van der Waals surface area contributed by atoms with Crippen LogP contribution in [0.25, 0.3) is 0 Å². The number of ketones is 1. The van der Waals surface area contributed by atoms with Crippen molar-refractivity contribution in [1.29, 1.82) is 0 Å². The standard InChI is InChI=1S/C17H16ClNO2/c1-11-9-15(20)7-8-16(11)19-12(2)10-17(21)13-3-5-14(18)6-4-13/h3-10,19-20H,1-2H3/b12-10+. The zero-order valence-electron chi connectivity index (χ0n) is 11.9. The summed E-state index contributed by atoms with van der Waals surface area (Å²) in [6, 6.07) is 11.8. The molecule has 0 aliphatic heterocycles. The molecule has 0 radical (unpaired) electrons. The van der Waals surface area contributed by atoms with Crippen molar-refractivity contribution in [3.05, 3.63) is 70.4 Å². The molecule has 0 unspecified atom stereocenters. The van der Waals surface area contributed by atoms with E-state index in [2.05, 4.69) is 5.32 Å². The topological polar surface area (TPSA) is 49.3 Å². The molecular formula is C17H16ClNO2. The number of carbonyl (C=O) groups is 1. The van der Waals surface area contributed by atoms with Gasteiger partial charge in [-0.15, -0.1) is 0 Å². The first-order valence-electron chi connectivity index (χ1n) is 6.50. The van der Waals surface area contributed by atoms with Gasteiger partial charge < -0.3 is 10.4 Å². The smallest absolute Gasteiger partial charge is 0.187 e. The number of allylic oxidation sites excluding steroid dienone is 2. The summed E-state index contributed by atoms with van der Waals surface area (Å²) in [6.07, 6.45) is 1.54. The van der Waals surface area contributed by atoms with Crippen LogP contribution in [0, 0.1) is 6.92 Å². The first-order valence-corrected chi connectivity index (χ1v) is 6.88. The van der Waals surface area contributed by atoms with E-state index >= 15 is 0 Å². The van der Waals surface area contributed by atoms with E-state index in [1.165, 1.54) is 6.08 Å². The monoisotopic (exact) mass is 301 g/mol. The van der Waals surface area contributed by atoms with Gasteiger partial charge in [-0.05, 0) is 61.9 Å². The molecule has 0 saturated heterocycles. The Kier molecular flexibility index (Phi) is 4.66. The molecule has 0 bridgehead atoms. The summed E-state index contributed by atoms with van der Waals surface area (Å²) < 4.78 is 0. The maximum atomic E-state index is 12.1. The van der Waals surface area contributed by atoms with Crippen LogP contribution in [0.15, 0.2) is 54.2 Å². The molecule has 0 spiro atoms. The quantitative estimate of drug-likeness (QED) is 0.495. The fourth-order valence-electron chi connectivity index (χ4n) is 1.93. The third-order valence-electron chi connectivity index (χ3n) is 3.02.